The minimum atomic E-state index is -0.371. The summed E-state index contributed by atoms with van der Waals surface area (Å²) >= 11 is 0. The van der Waals surface area contributed by atoms with Crippen molar-refractivity contribution < 1.29 is 14.0 Å². The molecule has 2 amide bonds. The van der Waals surface area contributed by atoms with E-state index in [2.05, 4.69) is 10.6 Å². The van der Waals surface area contributed by atoms with Crippen LogP contribution in [0.5, 0.6) is 0 Å². The van der Waals surface area contributed by atoms with Crippen LogP contribution in [0, 0.1) is 5.82 Å². The number of nitrogens with zero attached hydrogens (tertiary/aromatic N) is 1. The third-order valence-electron chi connectivity index (χ3n) is 3.36. The van der Waals surface area contributed by atoms with E-state index in [4.69, 9.17) is 0 Å². The number of nitrogens with one attached hydrogen (secondary N) is 2. The first kappa shape index (κ1) is 14.1. The lowest BCUT2D eigenvalue weighted by atomic mass is 10.2. The number of halogens is 1. The maximum absolute atomic E-state index is 12.8. The zero-order chi connectivity index (χ0) is 15.5. The summed E-state index contributed by atoms with van der Waals surface area (Å²) in [6, 6.07) is 12.8. The molecule has 0 unspecified atom stereocenters. The largest absolute Gasteiger partial charge is 0.374 e. The summed E-state index contributed by atoms with van der Waals surface area (Å²) in [5.41, 5.74) is 1.98. The Morgan fingerprint density at radius 3 is 2.68 bits per heavy atom. The van der Waals surface area contributed by atoms with Gasteiger partial charge in [0.2, 0.25) is 11.8 Å². The number of para-hydroxylation sites is 2. The van der Waals surface area contributed by atoms with Crippen molar-refractivity contribution in [1.82, 2.24) is 0 Å². The Morgan fingerprint density at radius 2 is 1.91 bits per heavy atom. The van der Waals surface area contributed by atoms with E-state index in [0.717, 1.165) is 5.69 Å². The first-order valence-electron chi connectivity index (χ1n) is 6.82. The summed E-state index contributed by atoms with van der Waals surface area (Å²) in [6.45, 7) is 0.0652. The quantitative estimate of drug-likeness (QED) is 0.913. The molecule has 1 aliphatic rings. The number of carbonyl (C=O) groups is 2. The van der Waals surface area contributed by atoms with Crippen molar-refractivity contribution in [1.29, 1.82) is 0 Å². The second-order valence-corrected chi connectivity index (χ2v) is 4.91. The average molecular weight is 299 g/mol. The molecule has 0 atom stereocenters. The molecular formula is C16H14FN3O2. The Morgan fingerprint density at radius 1 is 1.18 bits per heavy atom. The van der Waals surface area contributed by atoms with Crippen LogP contribution in [0.25, 0.3) is 0 Å². The second-order valence-electron chi connectivity index (χ2n) is 4.91. The topological polar surface area (TPSA) is 61.4 Å². The lowest BCUT2D eigenvalue weighted by Crippen LogP contribution is -2.44. The third kappa shape index (κ3) is 2.90. The highest BCUT2D eigenvalue weighted by Gasteiger charge is 2.25. The maximum atomic E-state index is 12.8. The van der Waals surface area contributed by atoms with Crippen LogP contribution in [-0.2, 0) is 9.59 Å². The van der Waals surface area contributed by atoms with Crippen molar-refractivity contribution >= 4 is 28.9 Å². The van der Waals surface area contributed by atoms with Gasteiger partial charge in [-0.2, -0.15) is 0 Å². The van der Waals surface area contributed by atoms with Crippen LogP contribution in [0.3, 0.4) is 0 Å². The Balaban J connectivity index is 1.73. The normalized spacial score (nSPS) is 13.3. The standard InChI is InChI=1S/C16H14FN3O2/c17-11-5-7-12(8-6-11)19-15(21)10-20-14-4-2-1-3-13(14)18-9-16(20)22/h1-8,18H,9-10H2,(H,19,21). The first-order chi connectivity index (χ1) is 10.6. The zero-order valence-electron chi connectivity index (χ0n) is 11.7. The van der Waals surface area contributed by atoms with Crippen LogP contribution in [-0.4, -0.2) is 24.9 Å². The molecule has 22 heavy (non-hydrogen) atoms. The molecule has 2 aromatic rings. The van der Waals surface area contributed by atoms with Crippen LogP contribution >= 0.6 is 0 Å². The highest BCUT2D eigenvalue weighted by molar-refractivity contribution is 6.07. The van der Waals surface area contributed by atoms with E-state index < -0.39 is 0 Å². The SMILES string of the molecule is O=C(CN1C(=O)CNc2ccccc21)Nc1ccc(F)cc1. The number of rotatable bonds is 3. The minimum Gasteiger partial charge on any atom is -0.374 e. The van der Waals surface area contributed by atoms with Gasteiger partial charge in [0, 0.05) is 5.69 Å². The fourth-order valence-corrected chi connectivity index (χ4v) is 2.31. The van der Waals surface area contributed by atoms with Gasteiger partial charge in [0.05, 0.1) is 17.9 Å². The molecule has 0 saturated heterocycles. The summed E-state index contributed by atoms with van der Waals surface area (Å²) in [4.78, 5) is 25.6. The number of fused-ring (bicyclic) bond motifs is 1. The number of carbonyl (C=O) groups excluding carboxylic acids is 2. The highest BCUT2D eigenvalue weighted by atomic mass is 19.1. The molecule has 3 rings (SSSR count). The number of hydrogen-bond acceptors (Lipinski definition) is 3. The van der Waals surface area contributed by atoms with Gasteiger partial charge < -0.3 is 10.6 Å². The van der Waals surface area contributed by atoms with E-state index in [9.17, 15) is 14.0 Å². The molecule has 0 radical (unpaired) electrons. The molecule has 112 valence electrons. The zero-order valence-corrected chi connectivity index (χ0v) is 11.7. The lowest BCUT2D eigenvalue weighted by Gasteiger charge is -2.29. The molecule has 6 heteroatoms. The number of hydrogen-bond donors (Lipinski definition) is 2. The van der Waals surface area contributed by atoms with Crippen molar-refractivity contribution in [3.63, 3.8) is 0 Å². The van der Waals surface area contributed by atoms with Crippen LogP contribution in [0.2, 0.25) is 0 Å². The number of anilines is 3. The van der Waals surface area contributed by atoms with Gasteiger partial charge >= 0.3 is 0 Å². The highest BCUT2D eigenvalue weighted by Crippen LogP contribution is 2.28. The molecule has 0 bridgehead atoms. The molecule has 1 aliphatic heterocycles. The fourth-order valence-electron chi connectivity index (χ4n) is 2.31. The average Bonchev–Trinajstić information content (AvgIpc) is 2.52. The van der Waals surface area contributed by atoms with Gasteiger partial charge in [0.15, 0.2) is 0 Å². The predicted molar refractivity (Wildman–Crippen MR) is 82.3 cm³/mol. The van der Waals surface area contributed by atoms with Crippen molar-refractivity contribution in [2.45, 2.75) is 0 Å². The van der Waals surface area contributed by atoms with E-state index in [1.807, 2.05) is 18.2 Å². The molecule has 0 fully saturated rings. The van der Waals surface area contributed by atoms with Gasteiger partial charge in [-0.1, -0.05) is 12.1 Å². The monoisotopic (exact) mass is 299 g/mol. The Labute approximate surface area is 126 Å². The van der Waals surface area contributed by atoms with Gasteiger partial charge in [-0.05, 0) is 36.4 Å². The smallest absolute Gasteiger partial charge is 0.246 e. The van der Waals surface area contributed by atoms with Gasteiger partial charge in [0.1, 0.15) is 12.4 Å². The first-order valence-corrected chi connectivity index (χ1v) is 6.82. The number of benzene rings is 2. The summed E-state index contributed by atoms with van der Waals surface area (Å²) in [7, 11) is 0. The third-order valence-corrected chi connectivity index (χ3v) is 3.36. The van der Waals surface area contributed by atoms with Crippen molar-refractivity contribution in [3.05, 3.63) is 54.3 Å². The molecular weight excluding hydrogens is 285 g/mol. The molecule has 5 nitrogen and oxygen atoms in total. The molecule has 0 saturated carbocycles. The van der Waals surface area contributed by atoms with E-state index in [-0.39, 0.29) is 30.7 Å². The van der Waals surface area contributed by atoms with Gasteiger partial charge in [-0.15, -0.1) is 0 Å². The van der Waals surface area contributed by atoms with Crippen LogP contribution in [0.15, 0.2) is 48.5 Å². The Hall–Kier alpha value is -2.89. The summed E-state index contributed by atoms with van der Waals surface area (Å²) in [6.07, 6.45) is 0. The molecule has 2 aromatic carbocycles. The van der Waals surface area contributed by atoms with Crippen molar-refractivity contribution in [3.8, 4) is 0 Å². The van der Waals surface area contributed by atoms with Crippen LogP contribution in [0.1, 0.15) is 0 Å². The molecule has 1 heterocycles. The van der Waals surface area contributed by atoms with Crippen molar-refractivity contribution in [2.24, 2.45) is 0 Å². The minimum absolute atomic E-state index is 0.0884. The van der Waals surface area contributed by atoms with E-state index in [1.165, 1.54) is 29.2 Å². The van der Waals surface area contributed by atoms with E-state index in [0.29, 0.717) is 11.4 Å². The van der Waals surface area contributed by atoms with Crippen LogP contribution in [0.4, 0.5) is 21.5 Å². The molecule has 0 aliphatic carbocycles. The summed E-state index contributed by atoms with van der Waals surface area (Å²) in [5, 5.41) is 5.65. The van der Waals surface area contributed by atoms with E-state index in [1.54, 1.807) is 6.07 Å². The fraction of sp³-hybridized carbons (Fsp3) is 0.125. The van der Waals surface area contributed by atoms with Gasteiger partial charge in [0.25, 0.3) is 0 Å². The summed E-state index contributed by atoms with van der Waals surface area (Å²) < 4.78 is 12.8. The van der Waals surface area contributed by atoms with Gasteiger partial charge in [-0.3, -0.25) is 14.5 Å². The maximum Gasteiger partial charge on any atom is 0.246 e. The number of amides is 2. The second kappa shape index (κ2) is 5.85. The summed E-state index contributed by atoms with van der Waals surface area (Å²) in [5.74, 6) is -0.881. The Bertz CT molecular complexity index is 716. The molecule has 2 N–H and O–H groups in total. The van der Waals surface area contributed by atoms with E-state index >= 15 is 0 Å². The molecule has 0 aromatic heterocycles. The lowest BCUT2D eigenvalue weighted by molar-refractivity contribution is -0.120. The van der Waals surface area contributed by atoms with Crippen molar-refractivity contribution in [2.75, 3.05) is 28.6 Å². The molecule has 0 spiro atoms. The predicted octanol–water partition coefficient (Wildman–Crippen LogP) is 2.22. The van der Waals surface area contributed by atoms with Crippen LogP contribution < -0.4 is 15.5 Å². The van der Waals surface area contributed by atoms with Gasteiger partial charge in [-0.25, -0.2) is 4.39 Å². The Kier molecular flexibility index (Phi) is 3.74.